The summed E-state index contributed by atoms with van der Waals surface area (Å²) in [4.78, 5) is 11.2. The van der Waals surface area contributed by atoms with Crippen LogP contribution in [0.2, 0.25) is 0 Å². The van der Waals surface area contributed by atoms with Crippen LogP contribution >= 0.6 is 0 Å². The van der Waals surface area contributed by atoms with Crippen molar-refractivity contribution in [3.05, 3.63) is 0 Å². The summed E-state index contributed by atoms with van der Waals surface area (Å²) in [6.45, 7) is 4.03. The Labute approximate surface area is 101 Å². The third kappa shape index (κ3) is 5.14. The van der Waals surface area contributed by atoms with Gasteiger partial charge in [0, 0.05) is 5.92 Å². The van der Waals surface area contributed by atoms with Crippen LogP contribution < -0.4 is 0 Å². The minimum absolute atomic E-state index is 0.399. The van der Waals surface area contributed by atoms with Crippen molar-refractivity contribution in [2.24, 2.45) is 11.8 Å². The van der Waals surface area contributed by atoms with Gasteiger partial charge in [0.2, 0.25) is 0 Å². The van der Waals surface area contributed by atoms with Crippen LogP contribution in [-0.2, 0) is 4.79 Å². The minimum atomic E-state index is 0.399. The van der Waals surface area contributed by atoms with E-state index in [0.29, 0.717) is 11.7 Å². The second-order valence-corrected chi connectivity index (χ2v) is 5.53. The van der Waals surface area contributed by atoms with E-state index in [0.717, 1.165) is 18.8 Å². The molecule has 94 valence electrons. The molecule has 1 fully saturated rings. The Morgan fingerprint density at radius 2 is 1.62 bits per heavy atom. The maximum atomic E-state index is 11.2. The topological polar surface area (TPSA) is 17.1 Å². The highest BCUT2D eigenvalue weighted by molar-refractivity contribution is 5.78. The second-order valence-electron chi connectivity index (χ2n) is 5.53. The van der Waals surface area contributed by atoms with Crippen molar-refractivity contribution in [1.29, 1.82) is 0 Å². The van der Waals surface area contributed by atoms with E-state index in [1.54, 1.807) is 6.92 Å². The lowest BCUT2D eigenvalue weighted by Gasteiger charge is -2.26. The molecule has 16 heavy (non-hydrogen) atoms. The van der Waals surface area contributed by atoms with Crippen molar-refractivity contribution < 1.29 is 4.79 Å². The summed E-state index contributed by atoms with van der Waals surface area (Å²) in [7, 11) is 0. The van der Waals surface area contributed by atoms with Crippen molar-refractivity contribution >= 4 is 5.78 Å². The van der Waals surface area contributed by atoms with Gasteiger partial charge < -0.3 is 0 Å². The maximum absolute atomic E-state index is 11.2. The first-order valence-corrected chi connectivity index (χ1v) is 7.24. The van der Waals surface area contributed by atoms with E-state index in [2.05, 4.69) is 6.92 Å². The predicted molar refractivity (Wildman–Crippen MR) is 69.5 cm³/mol. The molecule has 1 rings (SSSR count). The molecule has 0 saturated heterocycles. The zero-order valence-electron chi connectivity index (χ0n) is 11.1. The lowest BCUT2D eigenvalue weighted by atomic mass is 9.78. The van der Waals surface area contributed by atoms with Gasteiger partial charge in [-0.15, -0.1) is 0 Å². The molecule has 1 aliphatic rings. The molecule has 1 heteroatoms. The molecule has 1 nitrogen and oxygen atoms in total. The van der Waals surface area contributed by atoms with Crippen molar-refractivity contribution in [2.75, 3.05) is 0 Å². The number of ketones is 1. The van der Waals surface area contributed by atoms with Crippen molar-refractivity contribution in [2.45, 2.75) is 78.1 Å². The van der Waals surface area contributed by atoms with E-state index >= 15 is 0 Å². The molecule has 0 bridgehead atoms. The number of unbranched alkanes of at least 4 members (excludes halogenated alkanes) is 4. The van der Waals surface area contributed by atoms with Crippen LogP contribution in [0.3, 0.4) is 0 Å². The number of hydrogen-bond acceptors (Lipinski definition) is 1. The van der Waals surface area contributed by atoms with Crippen molar-refractivity contribution in [3.63, 3.8) is 0 Å². The van der Waals surface area contributed by atoms with E-state index in [4.69, 9.17) is 0 Å². The standard InChI is InChI=1S/C15H28O/c1-3-4-5-6-7-8-14-9-11-15(12-10-14)13(2)16/h14-15H,3-12H2,1-2H3. The third-order valence-corrected chi connectivity index (χ3v) is 4.14. The molecule has 0 unspecified atom stereocenters. The largest absolute Gasteiger partial charge is 0.300 e. The molecular weight excluding hydrogens is 196 g/mol. The number of rotatable bonds is 7. The molecule has 1 saturated carbocycles. The van der Waals surface area contributed by atoms with Crippen LogP contribution in [0, 0.1) is 11.8 Å². The van der Waals surface area contributed by atoms with Gasteiger partial charge in [-0.3, -0.25) is 4.79 Å². The van der Waals surface area contributed by atoms with Gasteiger partial charge in [-0.25, -0.2) is 0 Å². The monoisotopic (exact) mass is 224 g/mol. The van der Waals surface area contributed by atoms with Gasteiger partial charge >= 0.3 is 0 Å². The highest BCUT2D eigenvalue weighted by atomic mass is 16.1. The quantitative estimate of drug-likeness (QED) is 0.571. The Morgan fingerprint density at radius 3 is 2.19 bits per heavy atom. The van der Waals surface area contributed by atoms with Gasteiger partial charge in [-0.05, 0) is 38.5 Å². The molecule has 0 heterocycles. The Kier molecular flexibility index (Phi) is 6.75. The highest BCUT2D eigenvalue weighted by Crippen LogP contribution is 2.32. The van der Waals surface area contributed by atoms with E-state index in [1.165, 1.54) is 51.4 Å². The Bertz CT molecular complexity index is 190. The van der Waals surface area contributed by atoms with Crippen LogP contribution in [0.1, 0.15) is 78.1 Å². The van der Waals surface area contributed by atoms with Crippen LogP contribution in [0.25, 0.3) is 0 Å². The first kappa shape index (κ1) is 13.7. The van der Waals surface area contributed by atoms with Crippen LogP contribution in [0.15, 0.2) is 0 Å². The number of Topliss-reactive ketones (excluding diaryl/α,β-unsaturated/α-hetero) is 1. The predicted octanol–water partition coefficient (Wildman–Crippen LogP) is 4.74. The molecule has 1 aliphatic carbocycles. The lowest BCUT2D eigenvalue weighted by molar-refractivity contribution is -0.121. The molecule has 0 N–H and O–H groups in total. The van der Waals surface area contributed by atoms with Gasteiger partial charge in [0.1, 0.15) is 5.78 Å². The fraction of sp³-hybridized carbons (Fsp3) is 0.933. The summed E-state index contributed by atoms with van der Waals surface area (Å²) < 4.78 is 0. The summed E-state index contributed by atoms with van der Waals surface area (Å²) in [5.41, 5.74) is 0. The minimum Gasteiger partial charge on any atom is -0.300 e. The molecule has 0 radical (unpaired) electrons. The summed E-state index contributed by atoms with van der Waals surface area (Å²) in [5.74, 6) is 1.75. The number of hydrogen-bond donors (Lipinski definition) is 0. The summed E-state index contributed by atoms with van der Waals surface area (Å²) in [5, 5.41) is 0. The normalized spacial score (nSPS) is 25.6. The molecular formula is C15H28O. The molecule has 0 amide bonds. The van der Waals surface area contributed by atoms with Crippen molar-refractivity contribution in [1.82, 2.24) is 0 Å². The van der Waals surface area contributed by atoms with Gasteiger partial charge in [-0.1, -0.05) is 45.4 Å². The van der Waals surface area contributed by atoms with Gasteiger partial charge in [0.15, 0.2) is 0 Å². The second kappa shape index (κ2) is 7.86. The molecule has 0 aromatic heterocycles. The van der Waals surface area contributed by atoms with E-state index in [9.17, 15) is 4.79 Å². The van der Waals surface area contributed by atoms with Gasteiger partial charge in [0.25, 0.3) is 0 Å². The van der Waals surface area contributed by atoms with E-state index in [1.807, 2.05) is 0 Å². The fourth-order valence-electron chi connectivity index (χ4n) is 2.89. The van der Waals surface area contributed by atoms with Crippen molar-refractivity contribution in [3.8, 4) is 0 Å². The Balaban J connectivity index is 2.02. The lowest BCUT2D eigenvalue weighted by Crippen LogP contribution is -2.19. The average molecular weight is 224 g/mol. The smallest absolute Gasteiger partial charge is 0.132 e. The van der Waals surface area contributed by atoms with Crippen LogP contribution in [0.5, 0.6) is 0 Å². The Morgan fingerprint density at radius 1 is 1.00 bits per heavy atom. The van der Waals surface area contributed by atoms with Crippen LogP contribution in [0.4, 0.5) is 0 Å². The number of carbonyl (C=O) groups is 1. The van der Waals surface area contributed by atoms with E-state index < -0.39 is 0 Å². The molecule has 0 spiro atoms. The third-order valence-electron chi connectivity index (χ3n) is 4.14. The first-order chi connectivity index (χ1) is 7.74. The molecule has 0 aromatic carbocycles. The van der Waals surface area contributed by atoms with E-state index in [-0.39, 0.29) is 0 Å². The zero-order chi connectivity index (χ0) is 11.8. The highest BCUT2D eigenvalue weighted by Gasteiger charge is 2.23. The Hall–Kier alpha value is -0.330. The van der Waals surface area contributed by atoms with Gasteiger partial charge in [0.05, 0.1) is 0 Å². The molecule has 0 aromatic rings. The zero-order valence-corrected chi connectivity index (χ0v) is 11.1. The fourth-order valence-corrected chi connectivity index (χ4v) is 2.89. The SMILES string of the molecule is CCCCCCCC1CCC(C(C)=O)CC1. The maximum Gasteiger partial charge on any atom is 0.132 e. The van der Waals surface area contributed by atoms with Gasteiger partial charge in [-0.2, -0.15) is 0 Å². The average Bonchev–Trinajstić information content (AvgIpc) is 2.29. The molecule has 0 aliphatic heterocycles. The summed E-state index contributed by atoms with van der Waals surface area (Å²) in [6, 6.07) is 0. The summed E-state index contributed by atoms with van der Waals surface area (Å²) in [6.07, 6.45) is 13.3. The summed E-state index contributed by atoms with van der Waals surface area (Å²) >= 11 is 0. The first-order valence-electron chi connectivity index (χ1n) is 7.24. The number of carbonyl (C=O) groups excluding carboxylic acids is 1. The molecule has 0 atom stereocenters. The van der Waals surface area contributed by atoms with Crippen LogP contribution in [-0.4, -0.2) is 5.78 Å².